The quantitative estimate of drug-likeness (QED) is 0.803. The molecule has 1 atom stereocenters. The van der Waals surface area contributed by atoms with Crippen molar-refractivity contribution in [2.45, 2.75) is 25.5 Å². The average molecular weight is 235 g/mol. The number of aliphatic hydroxyl groups excluding tert-OH is 1. The fourth-order valence-electron chi connectivity index (χ4n) is 2.36. The number of carbonyl (C=O) groups is 1. The Kier molecular flexibility index (Phi) is 3.64. The highest BCUT2D eigenvalue weighted by Crippen LogP contribution is 2.29. The number of benzene rings is 1. The first kappa shape index (κ1) is 11.9. The fraction of sp³-hybridized carbons (Fsp3) is 0.462. The van der Waals surface area contributed by atoms with E-state index in [1.54, 1.807) is 0 Å². The van der Waals surface area contributed by atoms with Crippen LogP contribution in [-0.2, 0) is 16.1 Å². The summed E-state index contributed by atoms with van der Waals surface area (Å²) in [4.78, 5) is 13.7. The largest absolute Gasteiger partial charge is 0.467 e. The van der Waals surface area contributed by atoms with Crippen molar-refractivity contribution < 1.29 is 14.6 Å². The number of esters is 1. The van der Waals surface area contributed by atoms with E-state index >= 15 is 0 Å². The lowest BCUT2D eigenvalue weighted by Crippen LogP contribution is -2.37. The van der Waals surface area contributed by atoms with E-state index in [4.69, 9.17) is 4.74 Å². The molecule has 4 nitrogen and oxygen atoms in total. The maximum absolute atomic E-state index is 11.7. The first-order valence-corrected chi connectivity index (χ1v) is 5.81. The SMILES string of the molecule is COC(=O)[C@H]1CCCN1c1ccccc1CO. The monoisotopic (exact) mass is 235 g/mol. The molecule has 2 rings (SSSR count). The minimum absolute atomic E-state index is 0.0133. The summed E-state index contributed by atoms with van der Waals surface area (Å²) in [6, 6.07) is 7.40. The van der Waals surface area contributed by atoms with Gasteiger partial charge in [0.05, 0.1) is 13.7 Å². The van der Waals surface area contributed by atoms with Gasteiger partial charge < -0.3 is 14.7 Å². The third-order valence-electron chi connectivity index (χ3n) is 3.20. The molecule has 0 bridgehead atoms. The summed E-state index contributed by atoms with van der Waals surface area (Å²) in [5, 5.41) is 9.32. The predicted octanol–water partition coefficient (Wildman–Crippen LogP) is 1.32. The molecule has 1 aromatic carbocycles. The van der Waals surface area contributed by atoms with E-state index in [2.05, 4.69) is 0 Å². The number of hydrogen-bond acceptors (Lipinski definition) is 4. The summed E-state index contributed by atoms with van der Waals surface area (Å²) >= 11 is 0. The van der Waals surface area contributed by atoms with Crippen LogP contribution in [0.5, 0.6) is 0 Å². The Morgan fingerprint density at radius 3 is 3.00 bits per heavy atom. The molecule has 0 spiro atoms. The normalized spacial score (nSPS) is 19.4. The molecule has 0 amide bonds. The summed E-state index contributed by atoms with van der Waals surface area (Å²) in [7, 11) is 1.41. The summed E-state index contributed by atoms with van der Waals surface area (Å²) < 4.78 is 4.82. The van der Waals surface area contributed by atoms with Gasteiger partial charge in [0.1, 0.15) is 6.04 Å². The van der Waals surface area contributed by atoms with Gasteiger partial charge in [0.2, 0.25) is 0 Å². The molecule has 0 aliphatic carbocycles. The molecule has 1 heterocycles. The summed E-state index contributed by atoms with van der Waals surface area (Å²) in [6.07, 6.45) is 1.78. The number of ether oxygens (including phenoxy) is 1. The summed E-state index contributed by atoms with van der Waals surface area (Å²) in [6.45, 7) is 0.817. The van der Waals surface area contributed by atoms with Crippen LogP contribution in [0.3, 0.4) is 0 Å². The number of carbonyl (C=O) groups excluding carboxylic acids is 1. The average Bonchev–Trinajstić information content (AvgIpc) is 2.86. The second-order valence-corrected chi connectivity index (χ2v) is 4.16. The van der Waals surface area contributed by atoms with E-state index in [-0.39, 0.29) is 18.6 Å². The van der Waals surface area contributed by atoms with Crippen LogP contribution >= 0.6 is 0 Å². The van der Waals surface area contributed by atoms with E-state index in [0.717, 1.165) is 30.6 Å². The Hall–Kier alpha value is -1.55. The Labute approximate surface area is 101 Å². The van der Waals surface area contributed by atoms with E-state index < -0.39 is 0 Å². The summed E-state index contributed by atoms with van der Waals surface area (Å²) in [5.74, 6) is -0.199. The molecule has 0 radical (unpaired) electrons. The lowest BCUT2D eigenvalue weighted by Gasteiger charge is -2.26. The molecule has 92 valence electrons. The third kappa shape index (κ3) is 2.26. The molecule has 4 heteroatoms. The highest BCUT2D eigenvalue weighted by atomic mass is 16.5. The Morgan fingerprint density at radius 1 is 1.53 bits per heavy atom. The number of methoxy groups -OCH3 is 1. The predicted molar refractivity (Wildman–Crippen MR) is 64.7 cm³/mol. The van der Waals surface area contributed by atoms with Crippen LogP contribution in [0.2, 0.25) is 0 Å². The van der Waals surface area contributed by atoms with Crippen molar-refractivity contribution in [3.05, 3.63) is 29.8 Å². The van der Waals surface area contributed by atoms with Gasteiger partial charge in [0.25, 0.3) is 0 Å². The molecular formula is C13H17NO3. The zero-order chi connectivity index (χ0) is 12.3. The van der Waals surface area contributed by atoms with Gasteiger partial charge in [-0.25, -0.2) is 4.79 Å². The van der Waals surface area contributed by atoms with Crippen molar-refractivity contribution in [3.63, 3.8) is 0 Å². The van der Waals surface area contributed by atoms with E-state index in [9.17, 15) is 9.90 Å². The zero-order valence-corrected chi connectivity index (χ0v) is 9.93. The maximum Gasteiger partial charge on any atom is 0.328 e. The molecule has 1 saturated heterocycles. The molecule has 1 aliphatic heterocycles. The van der Waals surface area contributed by atoms with Crippen LogP contribution < -0.4 is 4.90 Å². The minimum atomic E-state index is -0.215. The lowest BCUT2D eigenvalue weighted by atomic mass is 10.1. The zero-order valence-electron chi connectivity index (χ0n) is 9.93. The van der Waals surface area contributed by atoms with E-state index in [0.29, 0.717) is 0 Å². The second kappa shape index (κ2) is 5.19. The van der Waals surface area contributed by atoms with Crippen molar-refractivity contribution in [2.75, 3.05) is 18.6 Å². The molecular weight excluding hydrogens is 218 g/mol. The molecule has 17 heavy (non-hydrogen) atoms. The van der Waals surface area contributed by atoms with E-state index in [1.807, 2.05) is 29.2 Å². The van der Waals surface area contributed by atoms with Crippen molar-refractivity contribution in [3.8, 4) is 0 Å². The second-order valence-electron chi connectivity index (χ2n) is 4.16. The van der Waals surface area contributed by atoms with Crippen molar-refractivity contribution in [1.29, 1.82) is 0 Å². The van der Waals surface area contributed by atoms with Crippen LogP contribution in [0.4, 0.5) is 5.69 Å². The molecule has 1 aliphatic rings. The molecule has 1 N–H and O–H groups in total. The standard InChI is InChI=1S/C13H17NO3/c1-17-13(16)12-7-4-8-14(12)11-6-3-2-5-10(11)9-15/h2-3,5-6,12,15H,4,7-9H2,1H3/t12-/m1/s1. The topological polar surface area (TPSA) is 49.8 Å². The van der Waals surface area contributed by atoms with Crippen LogP contribution in [0.1, 0.15) is 18.4 Å². The molecule has 1 fully saturated rings. The first-order chi connectivity index (χ1) is 8.27. The Balaban J connectivity index is 2.29. The number of hydrogen-bond donors (Lipinski definition) is 1. The van der Waals surface area contributed by atoms with Gasteiger partial charge >= 0.3 is 5.97 Å². The van der Waals surface area contributed by atoms with Crippen LogP contribution in [-0.4, -0.2) is 30.8 Å². The number of rotatable bonds is 3. The van der Waals surface area contributed by atoms with Gasteiger partial charge in [-0.05, 0) is 18.9 Å². The van der Waals surface area contributed by atoms with Crippen LogP contribution in [0, 0.1) is 0 Å². The third-order valence-corrected chi connectivity index (χ3v) is 3.20. The van der Waals surface area contributed by atoms with Gasteiger partial charge in [-0.1, -0.05) is 18.2 Å². The first-order valence-electron chi connectivity index (χ1n) is 5.81. The molecule has 1 aromatic rings. The summed E-state index contributed by atoms with van der Waals surface area (Å²) in [5.41, 5.74) is 1.78. The number of nitrogens with zero attached hydrogens (tertiary/aromatic N) is 1. The molecule has 0 aromatic heterocycles. The van der Waals surface area contributed by atoms with Gasteiger partial charge in [0.15, 0.2) is 0 Å². The Morgan fingerprint density at radius 2 is 2.29 bits per heavy atom. The van der Waals surface area contributed by atoms with E-state index in [1.165, 1.54) is 7.11 Å². The van der Waals surface area contributed by atoms with Gasteiger partial charge in [-0.2, -0.15) is 0 Å². The number of anilines is 1. The fourth-order valence-corrected chi connectivity index (χ4v) is 2.36. The van der Waals surface area contributed by atoms with Gasteiger partial charge in [-0.15, -0.1) is 0 Å². The number of aliphatic hydroxyl groups is 1. The highest BCUT2D eigenvalue weighted by molar-refractivity contribution is 5.81. The van der Waals surface area contributed by atoms with Gasteiger partial charge in [0, 0.05) is 17.8 Å². The van der Waals surface area contributed by atoms with Crippen LogP contribution in [0.25, 0.3) is 0 Å². The maximum atomic E-state index is 11.7. The molecule has 0 saturated carbocycles. The highest BCUT2D eigenvalue weighted by Gasteiger charge is 2.32. The Bertz CT molecular complexity index is 405. The van der Waals surface area contributed by atoms with Crippen molar-refractivity contribution in [1.82, 2.24) is 0 Å². The lowest BCUT2D eigenvalue weighted by molar-refractivity contribution is -0.141. The van der Waals surface area contributed by atoms with Crippen LogP contribution in [0.15, 0.2) is 24.3 Å². The van der Waals surface area contributed by atoms with Gasteiger partial charge in [-0.3, -0.25) is 0 Å². The number of para-hydroxylation sites is 1. The smallest absolute Gasteiger partial charge is 0.328 e. The minimum Gasteiger partial charge on any atom is -0.467 e. The van der Waals surface area contributed by atoms with Crippen molar-refractivity contribution in [2.24, 2.45) is 0 Å². The van der Waals surface area contributed by atoms with Crippen molar-refractivity contribution >= 4 is 11.7 Å². The molecule has 0 unspecified atom stereocenters.